The second kappa shape index (κ2) is 8.28. The molecule has 0 radical (unpaired) electrons. The van der Waals surface area contributed by atoms with E-state index < -0.39 is 0 Å². The number of nitrogens with one attached hydrogen (secondary N) is 1. The summed E-state index contributed by atoms with van der Waals surface area (Å²) in [6.07, 6.45) is 1.65. The molecule has 2 amide bonds. The Kier molecular flexibility index (Phi) is 6.36. The smallest absolute Gasteiger partial charge is 0.239 e. The quantitative estimate of drug-likeness (QED) is 0.849. The average molecular weight is 335 g/mol. The summed E-state index contributed by atoms with van der Waals surface area (Å²) in [6.45, 7) is 9.39. The van der Waals surface area contributed by atoms with Crippen molar-refractivity contribution in [1.82, 2.24) is 19.6 Å². The fourth-order valence-corrected chi connectivity index (χ4v) is 3.24. The van der Waals surface area contributed by atoms with E-state index in [-0.39, 0.29) is 17.7 Å². The number of hydrogen-bond acceptors (Lipinski definition) is 4. The second-order valence-electron chi connectivity index (χ2n) is 6.40. The second-order valence-corrected chi connectivity index (χ2v) is 6.40. The fourth-order valence-electron chi connectivity index (χ4n) is 3.24. The molecule has 0 spiro atoms. The standard InChI is InChI=1S/C17H29N5O2/c1-5-22(6-2)17(24)14-7-9-21(10-8-14)12-16(23)18-15-11-13(3)19-20(15)4/h11,14H,5-10,12H2,1-4H3,(H,18,23). The molecule has 1 fully saturated rings. The van der Waals surface area contributed by atoms with Crippen LogP contribution in [-0.2, 0) is 16.6 Å². The third-order valence-electron chi connectivity index (χ3n) is 4.65. The van der Waals surface area contributed by atoms with Gasteiger partial charge >= 0.3 is 0 Å². The predicted molar refractivity (Wildman–Crippen MR) is 93.7 cm³/mol. The van der Waals surface area contributed by atoms with Gasteiger partial charge in [-0.2, -0.15) is 5.10 Å². The van der Waals surface area contributed by atoms with Gasteiger partial charge in [0.2, 0.25) is 11.8 Å². The first kappa shape index (κ1) is 18.4. The van der Waals surface area contributed by atoms with Crippen molar-refractivity contribution in [3.63, 3.8) is 0 Å². The lowest BCUT2D eigenvalue weighted by molar-refractivity contribution is -0.136. The van der Waals surface area contributed by atoms with Crippen LogP contribution in [0.1, 0.15) is 32.4 Å². The zero-order valence-electron chi connectivity index (χ0n) is 15.2. The zero-order valence-corrected chi connectivity index (χ0v) is 15.2. The highest BCUT2D eigenvalue weighted by Gasteiger charge is 2.28. The monoisotopic (exact) mass is 335 g/mol. The van der Waals surface area contributed by atoms with Crippen molar-refractivity contribution in [3.05, 3.63) is 11.8 Å². The van der Waals surface area contributed by atoms with E-state index in [1.54, 1.807) is 4.68 Å². The summed E-state index contributed by atoms with van der Waals surface area (Å²) in [5.41, 5.74) is 0.878. The van der Waals surface area contributed by atoms with E-state index in [1.807, 2.05) is 38.8 Å². The summed E-state index contributed by atoms with van der Waals surface area (Å²) in [5.74, 6) is 1.04. The number of likely N-dealkylation sites (tertiary alicyclic amines) is 1. The van der Waals surface area contributed by atoms with Gasteiger partial charge in [-0.3, -0.25) is 19.2 Å². The summed E-state index contributed by atoms with van der Waals surface area (Å²) in [6, 6.07) is 1.85. The largest absolute Gasteiger partial charge is 0.343 e. The van der Waals surface area contributed by atoms with Crippen LogP contribution >= 0.6 is 0 Å². The normalized spacial score (nSPS) is 16.2. The lowest BCUT2D eigenvalue weighted by Gasteiger charge is -2.33. The minimum absolute atomic E-state index is 0.0356. The van der Waals surface area contributed by atoms with Crippen molar-refractivity contribution in [2.45, 2.75) is 33.6 Å². The van der Waals surface area contributed by atoms with Crippen molar-refractivity contribution in [3.8, 4) is 0 Å². The Morgan fingerprint density at radius 1 is 1.29 bits per heavy atom. The van der Waals surface area contributed by atoms with Crippen LogP contribution in [0.25, 0.3) is 0 Å². The molecule has 0 unspecified atom stereocenters. The number of carbonyl (C=O) groups is 2. The molecular formula is C17H29N5O2. The van der Waals surface area contributed by atoms with E-state index >= 15 is 0 Å². The summed E-state index contributed by atoms with van der Waals surface area (Å²) in [4.78, 5) is 28.6. The maximum Gasteiger partial charge on any atom is 0.239 e. The van der Waals surface area contributed by atoms with Gasteiger partial charge in [0, 0.05) is 32.1 Å². The highest BCUT2D eigenvalue weighted by atomic mass is 16.2. The first-order valence-electron chi connectivity index (χ1n) is 8.76. The maximum absolute atomic E-state index is 12.4. The molecular weight excluding hydrogens is 306 g/mol. The van der Waals surface area contributed by atoms with Crippen molar-refractivity contribution >= 4 is 17.6 Å². The molecule has 7 heteroatoms. The molecule has 0 atom stereocenters. The molecule has 24 heavy (non-hydrogen) atoms. The summed E-state index contributed by atoms with van der Waals surface area (Å²) < 4.78 is 1.67. The first-order valence-corrected chi connectivity index (χ1v) is 8.76. The Hall–Kier alpha value is -1.89. The number of anilines is 1. The Morgan fingerprint density at radius 2 is 1.92 bits per heavy atom. The molecule has 1 aliphatic heterocycles. The van der Waals surface area contributed by atoms with Gasteiger partial charge in [0.05, 0.1) is 12.2 Å². The number of carbonyl (C=O) groups excluding carboxylic acids is 2. The van der Waals surface area contributed by atoms with E-state index in [4.69, 9.17) is 0 Å². The predicted octanol–water partition coefficient (Wildman–Crippen LogP) is 1.25. The van der Waals surface area contributed by atoms with Crippen LogP contribution in [0.4, 0.5) is 5.82 Å². The molecule has 0 aliphatic carbocycles. The molecule has 1 aromatic heterocycles. The third-order valence-corrected chi connectivity index (χ3v) is 4.65. The first-order chi connectivity index (χ1) is 11.4. The van der Waals surface area contributed by atoms with Gasteiger partial charge in [0.25, 0.3) is 0 Å². The summed E-state index contributed by atoms with van der Waals surface area (Å²) in [7, 11) is 1.81. The van der Waals surface area contributed by atoms with Crippen LogP contribution in [0.3, 0.4) is 0 Å². The average Bonchev–Trinajstić information content (AvgIpc) is 2.86. The van der Waals surface area contributed by atoms with E-state index in [0.29, 0.717) is 12.4 Å². The van der Waals surface area contributed by atoms with Gasteiger partial charge in [0.15, 0.2) is 0 Å². The lowest BCUT2D eigenvalue weighted by atomic mass is 9.95. The number of aromatic nitrogens is 2. The van der Waals surface area contributed by atoms with Gasteiger partial charge in [-0.05, 0) is 46.7 Å². The van der Waals surface area contributed by atoms with E-state index in [9.17, 15) is 9.59 Å². The molecule has 1 aliphatic rings. The minimum atomic E-state index is -0.0356. The van der Waals surface area contributed by atoms with Crippen LogP contribution in [-0.4, -0.2) is 64.1 Å². The van der Waals surface area contributed by atoms with Crippen molar-refractivity contribution in [1.29, 1.82) is 0 Å². The van der Waals surface area contributed by atoms with Crippen LogP contribution in [0, 0.1) is 12.8 Å². The molecule has 2 rings (SSSR count). The van der Waals surface area contributed by atoms with Crippen molar-refractivity contribution in [2.75, 3.05) is 38.0 Å². The van der Waals surface area contributed by atoms with Gasteiger partial charge in [-0.15, -0.1) is 0 Å². The Morgan fingerprint density at radius 3 is 2.42 bits per heavy atom. The molecule has 2 heterocycles. The topological polar surface area (TPSA) is 70.5 Å². The van der Waals surface area contributed by atoms with Crippen LogP contribution in [0.5, 0.6) is 0 Å². The molecule has 7 nitrogen and oxygen atoms in total. The summed E-state index contributed by atoms with van der Waals surface area (Å²) >= 11 is 0. The third kappa shape index (κ3) is 4.56. The number of aryl methyl sites for hydroxylation is 2. The highest BCUT2D eigenvalue weighted by Crippen LogP contribution is 2.19. The molecule has 1 saturated heterocycles. The highest BCUT2D eigenvalue weighted by molar-refractivity contribution is 5.91. The van der Waals surface area contributed by atoms with E-state index in [1.165, 1.54) is 0 Å². The lowest BCUT2D eigenvalue weighted by Crippen LogP contribution is -2.44. The SMILES string of the molecule is CCN(CC)C(=O)C1CCN(CC(=O)Nc2cc(C)nn2C)CC1. The number of nitrogens with zero attached hydrogens (tertiary/aromatic N) is 4. The fraction of sp³-hybridized carbons (Fsp3) is 0.706. The number of amides is 2. The minimum Gasteiger partial charge on any atom is -0.343 e. The van der Waals surface area contributed by atoms with Crippen LogP contribution < -0.4 is 5.32 Å². The molecule has 134 valence electrons. The Bertz CT molecular complexity index is 572. The number of rotatable bonds is 6. The molecule has 1 N–H and O–H groups in total. The molecule has 0 bridgehead atoms. The van der Waals surface area contributed by atoms with E-state index in [0.717, 1.165) is 44.7 Å². The van der Waals surface area contributed by atoms with E-state index in [2.05, 4.69) is 15.3 Å². The van der Waals surface area contributed by atoms with Gasteiger partial charge < -0.3 is 10.2 Å². The molecule has 0 saturated carbocycles. The zero-order chi connectivity index (χ0) is 17.7. The summed E-state index contributed by atoms with van der Waals surface area (Å²) in [5, 5.41) is 7.11. The Labute approximate surface area is 144 Å². The van der Waals surface area contributed by atoms with Gasteiger partial charge in [-0.25, -0.2) is 0 Å². The van der Waals surface area contributed by atoms with Crippen molar-refractivity contribution in [2.24, 2.45) is 13.0 Å². The Balaban J connectivity index is 1.79. The van der Waals surface area contributed by atoms with Gasteiger partial charge in [0.1, 0.15) is 5.82 Å². The molecule has 1 aromatic rings. The van der Waals surface area contributed by atoms with Crippen molar-refractivity contribution < 1.29 is 9.59 Å². The number of hydrogen-bond donors (Lipinski definition) is 1. The van der Waals surface area contributed by atoms with Crippen LogP contribution in [0.15, 0.2) is 6.07 Å². The van der Waals surface area contributed by atoms with Crippen LogP contribution in [0.2, 0.25) is 0 Å². The number of piperidine rings is 1. The van der Waals surface area contributed by atoms with Gasteiger partial charge in [-0.1, -0.05) is 0 Å². The molecule has 0 aromatic carbocycles. The maximum atomic E-state index is 12.4.